The van der Waals surface area contributed by atoms with Crippen LogP contribution in [0, 0.1) is 0 Å². The molecule has 7 heavy (non-hydrogen) atoms. The van der Waals surface area contributed by atoms with Gasteiger partial charge in [0.05, 0.1) is 0 Å². The van der Waals surface area contributed by atoms with Gasteiger partial charge in [0.15, 0.2) is 0 Å². The van der Waals surface area contributed by atoms with Crippen LogP contribution < -0.4 is 5.32 Å². The van der Waals surface area contributed by atoms with Crippen molar-refractivity contribution in [1.29, 1.82) is 0 Å². The van der Waals surface area contributed by atoms with Crippen molar-refractivity contribution in [2.45, 2.75) is 13.8 Å². The Bertz CT molecular complexity index is 88.4. The molecule has 0 unspecified atom stereocenters. The Morgan fingerprint density at radius 2 is 2.43 bits per heavy atom. The van der Waals surface area contributed by atoms with Crippen LogP contribution in [0.2, 0.25) is 0 Å². The number of hydrogen-bond acceptors (Lipinski definition) is 1. The second-order valence-electron chi connectivity index (χ2n) is 1.33. The van der Waals surface area contributed by atoms with Gasteiger partial charge in [-0.25, -0.2) is 0 Å². The smallest absolute Gasteiger partial charge is 0.0500 e. The average Bonchev–Trinajstić information content (AvgIpc) is 1.68. The van der Waals surface area contributed by atoms with E-state index in [1.807, 2.05) is 13.8 Å². The van der Waals surface area contributed by atoms with E-state index in [1.165, 1.54) is 0 Å². The van der Waals surface area contributed by atoms with Gasteiger partial charge in [-0.15, -0.1) is 5.73 Å². The van der Waals surface area contributed by atoms with Crippen molar-refractivity contribution < 1.29 is 0 Å². The molecule has 0 heterocycles. The molecule has 0 atom stereocenters. The van der Waals surface area contributed by atoms with Gasteiger partial charge in [-0.05, 0) is 13.8 Å². The molecule has 40 valence electrons. The molecule has 1 N–H and O–H groups in total. The fourth-order valence-electron chi connectivity index (χ4n) is 0.328. The van der Waals surface area contributed by atoms with Crippen molar-refractivity contribution >= 4 is 0 Å². The van der Waals surface area contributed by atoms with Crippen LogP contribution in [0.4, 0.5) is 0 Å². The van der Waals surface area contributed by atoms with E-state index in [9.17, 15) is 0 Å². The van der Waals surface area contributed by atoms with Crippen LogP contribution in [0.25, 0.3) is 0 Å². The summed E-state index contributed by atoms with van der Waals surface area (Å²) in [6, 6.07) is 0. The first-order valence-corrected chi connectivity index (χ1v) is 2.41. The SMILES string of the molecule is C=C=C(C)NCC. The van der Waals surface area contributed by atoms with Crippen LogP contribution in [-0.4, -0.2) is 6.54 Å². The van der Waals surface area contributed by atoms with Gasteiger partial charge < -0.3 is 5.32 Å². The van der Waals surface area contributed by atoms with Crippen molar-refractivity contribution in [3.63, 3.8) is 0 Å². The standard InChI is InChI=1S/C6H11N/c1-4-6(3)7-5-2/h7H,1,5H2,2-3H3. The summed E-state index contributed by atoms with van der Waals surface area (Å²) in [6.07, 6.45) is 0. The molecule has 0 aliphatic heterocycles. The number of rotatable bonds is 2. The van der Waals surface area contributed by atoms with E-state index in [1.54, 1.807) is 0 Å². The van der Waals surface area contributed by atoms with Gasteiger partial charge in [0.25, 0.3) is 0 Å². The van der Waals surface area contributed by atoms with E-state index in [0.29, 0.717) is 0 Å². The second kappa shape index (κ2) is 3.51. The molecule has 0 aliphatic rings. The number of hydrogen-bond donors (Lipinski definition) is 1. The summed E-state index contributed by atoms with van der Waals surface area (Å²) in [7, 11) is 0. The highest BCUT2D eigenvalue weighted by Crippen LogP contribution is 1.75. The largest absolute Gasteiger partial charge is 0.383 e. The molecule has 1 nitrogen and oxygen atoms in total. The third-order valence-electron chi connectivity index (χ3n) is 0.707. The Morgan fingerprint density at radius 3 is 2.57 bits per heavy atom. The summed E-state index contributed by atoms with van der Waals surface area (Å²) in [5.74, 6) is 0. The maximum absolute atomic E-state index is 3.45. The fraction of sp³-hybridized carbons (Fsp3) is 0.500. The molecule has 1 heteroatoms. The fourth-order valence-corrected chi connectivity index (χ4v) is 0.328. The highest BCUT2D eigenvalue weighted by molar-refractivity contribution is 4.89. The summed E-state index contributed by atoms with van der Waals surface area (Å²) < 4.78 is 0. The zero-order chi connectivity index (χ0) is 5.70. The summed E-state index contributed by atoms with van der Waals surface area (Å²) in [4.78, 5) is 0. The third-order valence-corrected chi connectivity index (χ3v) is 0.707. The molecule has 0 fully saturated rings. The highest BCUT2D eigenvalue weighted by atomic mass is 14.8. The minimum atomic E-state index is 0.953. The molecule has 0 rings (SSSR count). The quantitative estimate of drug-likeness (QED) is 0.512. The van der Waals surface area contributed by atoms with Gasteiger partial charge in [0.2, 0.25) is 0 Å². The monoisotopic (exact) mass is 97.1 g/mol. The maximum Gasteiger partial charge on any atom is 0.0500 e. The lowest BCUT2D eigenvalue weighted by Crippen LogP contribution is -2.07. The van der Waals surface area contributed by atoms with Crippen LogP contribution in [0.15, 0.2) is 18.0 Å². The summed E-state index contributed by atoms with van der Waals surface area (Å²) in [5, 5.41) is 3.04. The summed E-state index contributed by atoms with van der Waals surface area (Å²) in [6.45, 7) is 8.39. The first kappa shape index (κ1) is 6.32. The van der Waals surface area contributed by atoms with E-state index in [0.717, 1.165) is 12.2 Å². The molecule has 0 aromatic rings. The Kier molecular flexibility index (Phi) is 3.17. The van der Waals surface area contributed by atoms with E-state index >= 15 is 0 Å². The van der Waals surface area contributed by atoms with Crippen LogP contribution in [0.3, 0.4) is 0 Å². The van der Waals surface area contributed by atoms with E-state index in [4.69, 9.17) is 0 Å². The molecule has 0 saturated heterocycles. The van der Waals surface area contributed by atoms with Gasteiger partial charge in [0, 0.05) is 12.2 Å². The first-order chi connectivity index (χ1) is 3.31. The van der Waals surface area contributed by atoms with Crippen molar-refractivity contribution in [1.82, 2.24) is 5.32 Å². The van der Waals surface area contributed by atoms with Crippen LogP contribution >= 0.6 is 0 Å². The average molecular weight is 97.2 g/mol. The van der Waals surface area contributed by atoms with Gasteiger partial charge in [0.1, 0.15) is 0 Å². The topological polar surface area (TPSA) is 12.0 Å². The van der Waals surface area contributed by atoms with Gasteiger partial charge in [-0.1, -0.05) is 6.58 Å². The Hall–Kier alpha value is -0.680. The van der Waals surface area contributed by atoms with E-state index < -0.39 is 0 Å². The van der Waals surface area contributed by atoms with E-state index in [-0.39, 0.29) is 0 Å². The molecule has 0 saturated carbocycles. The summed E-state index contributed by atoms with van der Waals surface area (Å²) in [5.41, 5.74) is 3.74. The van der Waals surface area contributed by atoms with E-state index in [2.05, 4.69) is 17.6 Å². The molecular formula is C6H11N. The molecule has 0 aliphatic carbocycles. The zero-order valence-electron chi connectivity index (χ0n) is 4.91. The Balaban J connectivity index is 3.37. The Morgan fingerprint density at radius 1 is 1.86 bits per heavy atom. The third kappa shape index (κ3) is 3.14. The highest BCUT2D eigenvalue weighted by Gasteiger charge is 1.74. The lowest BCUT2D eigenvalue weighted by Gasteiger charge is -1.94. The van der Waals surface area contributed by atoms with Crippen molar-refractivity contribution in [2.24, 2.45) is 0 Å². The van der Waals surface area contributed by atoms with Gasteiger partial charge in [-0.2, -0.15) is 0 Å². The first-order valence-electron chi connectivity index (χ1n) is 2.41. The van der Waals surface area contributed by atoms with Crippen molar-refractivity contribution in [3.05, 3.63) is 18.0 Å². The molecule has 0 aromatic carbocycles. The van der Waals surface area contributed by atoms with Crippen LogP contribution in [0.1, 0.15) is 13.8 Å². The summed E-state index contributed by atoms with van der Waals surface area (Å²) >= 11 is 0. The molecule has 0 amide bonds. The van der Waals surface area contributed by atoms with Gasteiger partial charge in [-0.3, -0.25) is 0 Å². The minimum Gasteiger partial charge on any atom is -0.383 e. The van der Waals surface area contributed by atoms with Crippen molar-refractivity contribution in [3.8, 4) is 0 Å². The van der Waals surface area contributed by atoms with Crippen LogP contribution in [-0.2, 0) is 0 Å². The second-order valence-corrected chi connectivity index (χ2v) is 1.33. The molecular weight excluding hydrogens is 86.1 g/mol. The maximum atomic E-state index is 3.45. The number of allylic oxidation sites excluding steroid dienone is 1. The Labute approximate surface area is 44.7 Å². The van der Waals surface area contributed by atoms with Crippen molar-refractivity contribution in [2.75, 3.05) is 6.54 Å². The molecule has 0 bridgehead atoms. The lowest BCUT2D eigenvalue weighted by molar-refractivity contribution is 0.857. The normalized spacial score (nSPS) is 7.14. The minimum absolute atomic E-state index is 0.953. The number of nitrogens with one attached hydrogen (secondary N) is 1. The molecule has 0 radical (unpaired) electrons. The zero-order valence-corrected chi connectivity index (χ0v) is 4.91. The predicted molar refractivity (Wildman–Crippen MR) is 32.0 cm³/mol. The lowest BCUT2D eigenvalue weighted by atomic mass is 10.5. The molecule has 0 spiro atoms. The van der Waals surface area contributed by atoms with Gasteiger partial charge >= 0.3 is 0 Å². The predicted octanol–water partition coefficient (Wildman–Crippen LogP) is 1.28. The van der Waals surface area contributed by atoms with Crippen LogP contribution in [0.5, 0.6) is 0 Å². The molecule has 0 aromatic heterocycles.